The van der Waals surface area contributed by atoms with Gasteiger partial charge in [-0.1, -0.05) is 70.3 Å². The average molecular weight is 407 g/mol. The van der Waals surface area contributed by atoms with Crippen molar-refractivity contribution in [1.82, 2.24) is 0 Å². The van der Waals surface area contributed by atoms with Gasteiger partial charge in [0.05, 0.1) is 6.10 Å². The fraction of sp³-hybridized carbons (Fsp3) is 0.760. The molecule has 166 valence electrons. The van der Waals surface area contributed by atoms with Gasteiger partial charge in [0.15, 0.2) is 0 Å². The standard InChI is InChI=1S/C25H42O4/c1-3-5-6-7-13-22(26)14-9-12-21-17-18-24(27)23(21)15-8-11-20(10-4-2)16-19-25(28)29/h8-9,11-12,20-23,26H,3-7,10,13-19H2,1-2H3,(H,28,29)/t20?,21-,22?,23+/m0/s1. The fourth-order valence-electron chi connectivity index (χ4n) is 4.24. The van der Waals surface area contributed by atoms with E-state index in [-0.39, 0.29) is 30.3 Å². The van der Waals surface area contributed by atoms with E-state index < -0.39 is 5.97 Å². The smallest absolute Gasteiger partial charge is 0.303 e. The van der Waals surface area contributed by atoms with Gasteiger partial charge >= 0.3 is 5.97 Å². The molecule has 1 rings (SSSR count). The quantitative estimate of drug-likeness (QED) is 0.240. The summed E-state index contributed by atoms with van der Waals surface area (Å²) in [5.41, 5.74) is 0. The van der Waals surface area contributed by atoms with Crippen molar-refractivity contribution in [2.45, 2.75) is 103 Å². The molecule has 0 bridgehead atoms. The number of aliphatic hydroxyl groups is 1. The third kappa shape index (κ3) is 11.4. The lowest BCUT2D eigenvalue weighted by Gasteiger charge is -2.15. The van der Waals surface area contributed by atoms with Gasteiger partial charge in [0.1, 0.15) is 5.78 Å². The number of hydrogen-bond donors (Lipinski definition) is 2. The summed E-state index contributed by atoms with van der Waals surface area (Å²) in [7, 11) is 0. The number of carboxylic acid groups (broad SMARTS) is 1. The van der Waals surface area contributed by atoms with Crippen LogP contribution in [0.2, 0.25) is 0 Å². The van der Waals surface area contributed by atoms with Crippen LogP contribution < -0.4 is 0 Å². The van der Waals surface area contributed by atoms with Crippen LogP contribution in [0.4, 0.5) is 0 Å². The first kappa shape index (κ1) is 25.6. The zero-order chi connectivity index (χ0) is 21.5. The molecule has 0 spiro atoms. The Balaban J connectivity index is 2.46. The van der Waals surface area contributed by atoms with Crippen LogP contribution in [0, 0.1) is 17.8 Å². The van der Waals surface area contributed by atoms with E-state index in [1.165, 1.54) is 19.3 Å². The molecule has 2 unspecified atom stereocenters. The Hall–Kier alpha value is -1.42. The highest BCUT2D eigenvalue weighted by molar-refractivity contribution is 5.83. The summed E-state index contributed by atoms with van der Waals surface area (Å²) >= 11 is 0. The number of carboxylic acids is 1. The van der Waals surface area contributed by atoms with Crippen molar-refractivity contribution in [2.24, 2.45) is 17.8 Å². The van der Waals surface area contributed by atoms with E-state index in [1.807, 2.05) is 0 Å². The Morgan fingerprint density at radius 2 is 1.90 bits per heavy atom. The van der Waals surface area contributed by atoms with E-state index in [9.17, 15) is 14.7 Å². The lowest BCUT2D eigenvalue weighted by Crippen LogP contribution is -2.13. The zero-order valence-electron chi connectivity index (χ0n) is 18.5. The molecule has 2 N–H and O–H groups in total. The molecule has 0 aromatic heterocycles. The van der Waals surface area contributed by atoms with E-state index in [1.54, 1.807) is 0 Å². The molecular weight excluding hydrogens is 364 g/mol. The number of carbonyl (C=O) groups is 2. The summed E-state index contributed by atoms with van der Waals surface area (Å²) in [5, 5.41) is 19.0. The second kappa shape index (κ2) is 15.4. The van der Waals surface area contributed by atoms with E-state index >= 15 is 0 Å². The highest BCUT2D eigenvalue weighted by Gasteiger charge is 2.31. The van der Waals surface area contributed by atoms with Crippen LogP contribution in [-0.4, -0.2) is 28.1 Å². The average Bonchev–Trinajstić information content (AvgIpc) is 3.03. The predicted molar refractivity (Wildman–Crippen MR) is 119 cm³/mol. The van der Waals surface area contributed by atoms with Gasteiger partial charge < -0.3 is 10.2 Å². The molecule has 0 saturated heterocycles. The number of Topliss-reactive ketones (excluding diaryl/α,β-unsaturated/α-hetero) is 1. The van der Waals surface area contributed by atoms with E-state index in [4.69, 9.17) is 5.11 Å². The maximum atomic E-state index is 12.3. The first-order valence-corrected chi connectivity index (χ1v) is 11.7. The zero-order valence-corrected chi connectivity index (χ0v) is 18.5. The number of ketones is 1. The van der Waals surface area contributed by atoms with Crippen molar-refractivity contribution in [3.05, 3.63) is 24.3 Å². The normalized spacial score (nSPS) is 22.0. The van der Waals surface area contributed by atoms with Crippen LogP contribution in [0.5, 0.6) is 0 Å². The van der Waals surface area contributed by atoms with Gasteiger partial charge in [0, 0.05) is 18.8 Å². The van der Waals surface area contributed by atoms with Gasteiger partial charge in [-0.05, 0) is 50.4 Å². The molecule has 4 nitrogen and oxygen atoms in total. The molecule has 0 radical (unpaired) electrons. The van der Waals surface area contributed by atoms with Gasteiger partial charge in [-0.15, -0.1) is 0 Å². The third-order valence-electron chi connectivity index (χ3n) is 6.02. The van der Waals surface area contributed by atoms with Crippen LogP contribution >= 0.6 is 0 Å². The van der Waals surface area contributed by atoms with Crippen molar-refractivity contribution < 1.29 is 19.8 Å². The minimum atomic E-state index is -0.747. The number of aliphatic hydroxyl groups excluding tert-OH is 1. The van der Waals surface area contributed by atoms with Crippen LogP contribution in [0.15, 0.2) is 24.3 Å². The maximum absolute atomic E-state index is 12.3. The second-order valence-electron chi connectivity index (χ2n) is 8.59. The minimum Gasteiger partial charge on any atom is -0.481 e. The molecule has 0 aliphatic heterocycles. The van der Waals surface area contributed by atoms with Crippen molar-refractivity contribution in [2.75, 3.05) is 0 Å². The Bertz CT molecular complexity index is 523. The summed E-state index contributed by atoms with van der Waals surface area (Å²) < 4.78 is 0. The van der Waals surface area contributed by atoms with Gasteiger partial charge in [-0.2, -0.15) is 0 Å². The van der Waals surface area contributed by atoms with E-state index in [2.05, 4.69) is 38.2 Å². The molecule has 0 aromatic rings. The first-order chi connectivity index (χ1) is 14.0. The van der Waals surface area contributed by atoms with Crippen molar-refractivity contribution in [3.63, 3.8) is 0 Å². The van der Waals surface area contributed by atoms with Crippen LogP contribution in [-0.2, 0) is 9.59 Å². The monoisotopic (exact) mass is 406 g/mol. The van der Waals surface area contributed by atoms with Crippen molar-refractivity contribution in [3.8, 4) is 0 Å². The van der Waals surface area contributed by atoms with Crippen molar-refractivity contribution in [1.29, 1.82) is 0 Å². The molecule has 0 aromatic carbocycles. The van der Waals surface area contributed by atoms with Crippen LogP contribution in [0.3, 0.4) is 0 Å². The minimum absolute atomic E-state index is 0.0333. The lowest BCUT2D eigenvalue weighted by atomic mass is 9.90. The lowest BCUT2D eigenvalue weighted by molar-refractivity contribution is -0.137. The Kier molecular flexibility index (Phi) is 13.6. The Morgan fingerprint density at radius 3 is 2.59 bits per heavy atom. The number of rotatable bonds is 16. The maximum Gasteiger partial charge on any atom is 0.303 e. The molecular formula is C25H42O4. The SMILES string of the molecule is CCCCCCC(O)CC=C[C@H]1CCC(=O)[C@@H]1CC=CC(CCC)CCC(=O)O. The highest BCUT2D eigenvalue weighted by atomic mass is 16.4. The van der Waals surface area contributed by atoms with E-state index in [0.717, 1.165) is 38.5 Å². The second-order valence-corrected chi connectivity index (χ2v) is 8.59. The van der Waals surface area contributed by atoms with Crippen molar-refractivity contribution >= 4 is 11.8 Å². The van der Waals surface area contributed by atoms with Gasteiger partial charge in [0.2, 0.25) is 0 Å². The van der Waals surface area contributed by atoms with E-state index in [0.29, 0.717) is 25.0 Å². The molecule has 29 heavy (non-hydrogen) atoms. The van der Waals surface area contributed by atoms with Gasteiger partial charge in [0.25, 0.3) is 0 Å². The fourth-order valence-corrected chi connectivity index (χ4v) is 4.24. The summed E-state index contributed by atoms with van der Waals surface area (Å²) in [5.74, 6) is 0.170. The summed E-state index contributed by atoms with van der Waals surface area (Å²) in [6, 6.07) is 0. The molecule has 1 aliphatic carbocycles. The van der Waals surface area contributed by atoms with Gasteiger partial charge in [-0.25, -0.2) is 0 Å². The predicted octanol–water partition coefficient (Wildman–Crippen LogP) is 6.09. The number of aliphatic carboxylic acids is 1. The molecule has 0 heterocycles. The Morgan fingerprint density at radius 1 is 1.10 bits per heavy atom. The van der Waals surface area contributed by atoms with Crippen LogP contribution in [0.25, 0.3) is 0 Å². The van der Waals surface area contributed by atoms with Crippen LogP contribution in [0.1, 0.15) is 97.3 Å². The third-order valence-corrected chi connectivity index (χ3v) is 6.02. The molecule has 1 saturated carbocycles. The van der Waals surface area contributed by atoms with Gasteiger partial charge in [-0.3, -0.25) is 9.59 Å². The largest absolute Gasteiger partial charge is 0.481 e. The molecule has 1 fully saturated rings. The molecule has 1 aliphatic rings. The number of hydrogen-bond acceptors (Lipinski definition) is 3. The first-order valence-electron chi connectivity index (χ1n) is 11.7. The number of allylic oxidation sites excluding steroid dienone is 3. The topological polar surface area (TPSA) is 74.6 Å². The number of carbonyl (C=O) groups excluding carboxylic acids is 1. The summed E-state index contributed by atoms with van der Waals surface area (Å²) in [6.07, 6.45) is 19.6. The summed E-state index contributed by atoms with van der Waals surface area (Å²) in [6.45, 7) is 4.30. The molecule has 4 atom stereocenters. The Labute approximate surface area is 177 Å². The molecule has 0 amide bonds. The summed E-state index contributed by atoms with van der Waals surface area (Å²) in [4.78, 5) is 23.1. The number of unbranched alkanes of at least 4 members (excludes halogenated alkanes) is 3. The molecule has 4 heteroatoms. The highest BCUT2D eigenvalue weighted by Crippen LogP contribution is 2.33.